The predicted octanol–water partition coefficient (Wildman–Crippen LogP) is 7.02. The molecule has 0 fully saturated rings. The predicted molar refractivity (Wildman–Crippen MR) is 116 cm³/mol. The summed E-state index contributed by atoms with van der Waals surface area (Å²) < 4.78 is 5.10. The third-order valence-electron chi connectivity index (χ3n) is 4.37. The van der Waals surface area contributed by atoms with Crippen molar-refractivity contribution < 1.29 is 19.4 Å². The standard InChI is InChI=1S/C17H34O2.C7H6O2/c1-4-5-6-7-8-9-10-11-12-13-14-15-17(18)19-16(2)3;8-7(9)6-4-2-1-3-5-6/h16H,4-15H2,1-3H3;1-5H,(H,8,9). The average Bonchev–Trinajstić information content (AvgIpc) is 2.66. The quantitative estimate of drug-likeness (QED) is 0.273. The molecule has 1 aromatic rings. The average molecular weight is 393 g/mol. The SMILES string of the molecule is CCCCCCCCCCCCCC(=O)OC(C)C.O=C(O)c1ccccc1. The molecule has 0 aliphatic rings. The molecule has 0 radical (unpaired) electrons. The first-order valence-corrected chi connectivity index (χ1v) is 10.9. The maximum absolute atomic E-state index is 11.3. The Labute approximate surface area is 171 Å². The van der Waals surface area contributed by atoms with E-state index in [-0.39, 0.29) is 12.1 Å². The van der Waals surface area contributed by atoms with Gasteiger partial charge in [-0.25, -0.2) is 4.79 Å². The summed E-state index contributed by atoms with van der Waals surface area (Å²) in [6.45, 7) is 6.06. The zero-order chi connectivity index (χ0) is 21.0. The summed E-state index contributed by atoms with van der Waals surface area (Å²) in [4.78, 5) is 21.5. The van der Waals surface area contributed by atoms with E-state index in [2.05, 4.69) is 6.92 Å². The normalized spacial score (nSPS) is 10.3. The Morgan fingerprint density at radius 2 is 1.29 bits per heavy atom. The molecule has 0 aliphatic heterocycles. The molecule has 0 aliphatic carbocycles. The van der Waals surface area contributed by atoms with Crippen molar-refractivity contribution in [1.29, 1.82) is 0 Å². The summed E-state index contributed by atoms with van der Waals surface area (Å²) >= 11 is 0. The lowest BCUT2D eigenvalue weighted by Crippen LogP contribution is -2.10. The van der Waals surface area contributed by atoms with E-state index in [0.717, 1.165) is 6.42 Å². The van der Waals surface area contributed by atoms with Crippen LogP contribution in [-0.2, 0) is 9.53 Å². The van der Waals surface area contributed by atoms with Crippen molar-refractivity contribution in [2.45, 2.75) is 104 Å². The van der Waals surface area contributed by atoms with E-state index in [9.17, 15) is 9.59 Å². The molecule has 0 bridgehead atoms. The molecule has 4 nitrogen and oxygen atoms in total. The molecule has 1 N–H and O–H groups in total. The van der Waals surface area contributed by atoms with Gasteiger partial charge in [0.25, 0.3) is 0 Å². The zero-order valence-corrected chi connectivity index (χ0v) is 18.1. The van der Waals surface area contributed by atoms with Crippen LogP contribution in [0.3, 0.4) is 0 Å². The van der Waals surface area contributed by atoms with Crippen molar-refractivity contribution in [2.24, 2.45) is 0 Å². The van der Waals surface area contributed by atoms with Gasteiger partial charge in [-0.1, -0.05) is 89.3 Å². The highest BCUT2D eigenvalue weighted by atomic mass is 16.5. The van der Waals surface area contributed by atoms with Crippen molar-refractivity contribution in [3.63, 3.8) is 0 Å². The maximum atomic E-state index is 11.3. The molecule has 0 spiro atoms. The third-order valence-corrected chi connectivity index (χ3v) is 4.37. The van der Waals surface area contributed by atoms with Crippen molar-refractivity contribution >= 4 is 11.9 Å². The Morgan fingerprint density at radius 1 is 0.821 bits per heavy atom. The largest absolute Gasteiger partial charge is 0.478 e. The van der Waals surface area contributed by atoms with Crippen LogP contribution in [0.1, 0.15) is 108 Å². The van der Waals surface area contributed by atoms with Gasteiger partial charge in [0.15, 0.2) is 0 Å². The minimum atomic E-state index is -0.879. The Bertz CT molecular complexity index is 497. The molecule has 1 aromatic carbocycles. The number of benzene rings is 1. The van der Waals surface area contributed by atoms with Gasteiger partial charge in [0.05, 0.1) is 11.7 Å². The van der Waals surface area contributed by atoms with Crippen LogP contribution in [0.15, 0.2) is 30.3 Å². The molecule has 160 valence electrons. The first kappa shape index (κ1) is 26.2. The number of hydrogen-bond donors (Lipinski definition) is 1. The van der Waals surface area contributed by atoms with E-state index in [1.165, 1.54) is 64.2 Å². The maximum Gasteiger partial charge on any atom is 0.335 e. The van der Waals surface area contributed by atoms with Gasteiger partial charge in [-0.15, -0.1) is 0 Å². The fourth-order valence-electron chi connectivity index (χ4n) is 2.84. The van der Waals surface area contributed by atoms with Crippen LogP contribution in [0.5, 0.6) is 0 Å². The van der Waals surface area contributed by atoms with E-state index in [1.807, 2.05) is 13.8 Å². The van der Waals surface area contributed by atoms with E-state index in [1.54, 1.807) is 30.3 Å². The molecular formula is C24H40O4. The highest BCUT2D eigenvalue weighted by molar-refractivity contribution is 5.87. The van der Waals surface area contributed by atoms with Crippen LogP contribution in [0.4, 0.5) is 0 Å². The number of carboxylic acid groups (broad SMARTS) is 1. The number of unbranched alkanes of at least 4 members (excludes halogenated alkanes) is 10. The molecule has 4 heteroatoms. The first-order valence-electron chi connectivity index (χ1n) is 10.9. The van der Waals surface area contributed by atoms with Gasteiger partial charge >= 0.3 is 11.9 Å². The number of aromatic carboxylic acids is 1. The van der Waals surface area contributed by atoms with Gasteiger partial charge < -0.3 is 9.84 Å². The Morgan fingerprint density at radius 3 is 1.68 bits per heavy atom. The number of carbonyl (C=O) groups is 2. The second kappa shape index (κ2) is 18.5. The third kappa shape index (κ3) is 17.6. The van der Waals surface area contributed by atoms with Crippen LogP contribution in [-0.4, -0.2) is 23.1 Å². The summed E-state index contributed by atoms with van der Waals surface area (Å²) in [5.74, 6) is -0.915. The Hall–Kier alpha value is -1.84. The monoisotopic (exact) mass is 392 g/mol. The molecule has 1 rings (SSSR count). The van der Waals surface area contributed by atoms with E-state index < -0.39 is 5.97 Å². The molecule has 0 saturated carbocycles. The van der Waals surface area contributed by atoms with E-state index in [0.29, 0.717) is 12.0 Å². The minimum absolute atomic E-state index is 0.0280. The van der Waals surface area contributed by atoms with Crippen LogP contribution in [0.2, 0.25) is 0 Å². The van der Waals surface area contributed by atoms with Gasteiger partial charge in [-0.2, -0.15) is 0 Å². The molecule has 0 aromatic heterocycles. The summed E-state index contributed by atoms with van der Waals surface area (Å²) in [5.41, 5.74) is 0.331. The zero-order valence-electron chi connectivity index (χ0n) is 18.1. The molecular weight excluding hydrogens is 352 g/mol. The van der Waals surface area contributed by atoms with Crippen LogP contribution < -0.4 is 0 Å². The minimum Gasteiger partial charge on any atom is -0.478 e. The summed E-state index contributed by atoms with van der Waals surface area (Å²) in [6.07, 6.45) is 15.1. The lowest BCUT2D eigenvalue weighted by molar-refractivity contribution is -0.147. The summed E-state index contributed by atoms with van der Waals surface area (Å²) in [6, 6.07) is 8.30. The number of esters is 1. The lowest BCUT2D eigenvalue weighted by Gasteiger charge is -2.07. The number of carbonyl (C=O) groups excluding carboxylic acids is 1. The summed E-state index contributed by atoms with van der Waals surface area (Å²) in [7, 11) is 0. The highest BCUT2D eigenvalue weighted by Gasteiger charge is 2.04. The second-order valence-electron chi connectivity index (χ2n) is 7.50. The van der Waals surface area contributed by atoms with E-state index >= 15 is 0 Å². The number of rotatable bonds is 14. The molecule has 0 saturated heterocycles. The Kier molecular flexibility index (Phi) is 17.3. The summed E-state index contributed by atoms with van der Waals surface area (Å²) in [5, 5.41) is 8.38. The van der Waals surface area contributed by atoms with Crippen molar-refractivity contribution in [3.05, 3.63) is 35.9 Å². The van der Waals surface area contributed by atoms with E-state index in [4.69, 9.17) is 9.84 Å². The van der Waals surface area contributed by atoms with Crippen molar-refractivity contribution in [2.75, 3.05) is 0 Å². The molecule has 0 amide bonds. The molecule has 0 heterocycles. The smallest absolute Gasteiger partial charge is 0.335 e. The van der Waals surface area contributed by atoms with Gasteiger partial charge in [0, 0.05) is 6.42 Å². The molecule has 0 atom stereocenters. The van der Waals surface area contributed by atoms with Crippen LogP contribution >= 0.6 is 0 Å². The lowest BCUT2D eigenvalue weighted by atomic mass is 10.1. The number of ether oxygens (including phenoxy) is 1. The Balaban J connectivity index is 0.000000668. The van der Waals surface area contributed by atoms with Crippen LogP contribution in [0.25, 0.3) is 0 Å². The topological polar surface area (TPSA) is 63.6 Å². The fourth-order valence-corrected chi connectivity index (χ4v) is 2.84. The number of carboxylic acids is 1. The molecule has 28 heavy (non-hydrogen) atoms. The van der Waals surface area contributed by atoms with Crippen molar-refractivity contribution in [1.82, 2.24) is 0 Å². The fraction of sp³-hybridized carbons (Fsp3) is 0.667. The molecule has 0 unspecified atom stereocenters. The van der Waals surface area contributed by atoms with Crippen LogP contribution in [0, 0.1) is 0 Å². The number of hydrogen-bond acceptors (Lipinski definition) is 3. The van der Waals surface area contributed by atoms with Gasteiger partial charge in [-0.05, 0) is 32.4 Å². The first-order chi connectivity index (χ1) is 13.5. The second-order valence-corrected chi connectivity index (χ2v) is 7.50. The highest BCUT2D eigenvalue weighted by Crippen LogP contribution is 2.12. The van der Waals surface area contributed by atoms with Gasteiger partial charge in [-0.3, -0.25) is 4.79 Å². The van der Waals surface area contributed by atoms with Crippen molar-refractivity contribution in [3.8, 4) is 0 Å². The van der Waals surface area contributed by atoms with Gasteiger partial charge in [0.1, 0.15) is 0 Å². The van der Waals surface area contributed by atoms with Gasteiger partial charge in [0.2, 0.25) is 0 Å².